The molecule has 0 saturated carbocycles. The van der Waals surface area contributed by atoms with Gasteiger partial charge in [-0.2, -0.15) is 0 Å². The van der Waals surface area contributed by atoms with Crippen molar-refractivity contribution in [3.8, 4) is 11.5 Å². The summed E-state index contributed by atoms with van der Waals surface area (Å²) in [6.45, 7) is 1.96. The smallest absolute Gasteiger partial charge is 0.141 e. The second-order valence-corrected chi connectivity index (χ2v) is 5.26. The van der Waals surface area contributed by atoms with Gasteiger partial charge in [0, 0.05) is 5.56 Å². The van der Waals surface area contributed by atoms with Gasteiger partial charge in [0.2, 0.25) is 0 Å². The first kappa shape index (κ1) is 14.3. The average Bonchev–Trinajstić information content (AvgIpc) is 2.83. The molecule has 1 unspecified atom stereocenters. The van der Waals surface area contributed by atoms with Crippen molar-refractivity contribution >= 4 is 27.5 Å². The Bertz CT molecular complexity index is 580. The second-order valence-electron chi connectivity index (χ2n) is 4.03. The van der Waals surface area contributed by atoms with E-state index in [-0.39, 0.29) is 0 Å². The number of rotatable bonds is 4. The van der Waals surface area contributed by atoms with Gasteiger partial charge in [0.25, 0.3) is 0 Å². The maximum atomic E-state index is 6.49. The molecule has 0 aliphatic carbocycles. The molecule has 5 heteroatoms. The van der Waals surface area contributed by atoms with Gasteiger partial charge in [0.1, 0.15) is 27.1 Å². The Hall–Kier alpha value is -1.13. The second kappa shape index (κ2) is 5.88. The van der Waals surface area contributed by atoms with Gasteiger partial charge in [-0.3, -0.25) is 0 Å². The van der Waals surface area contributed by atoms with Crippen LogP contribution >= 0.6 is 27.5 Å². The number of alkyl halides is 1. The van der Waals surface area contributed by atoms with Crippen molar-refractivity contribution in [2.45, 2.75) is 12.3 Å². The fourth-order valence-electron chi connectivity index (χ4n) is 1.90. The Morgan fingerprint density at radius 1 is 1.21 bits per heavy atom. The number of methoxy groups -OCH3 is 2. The van der Waals surface area contributed by atoms with Gasteiger partial charge in [-0.15, -0.1) is 11.6 Å². The Labute approximate surface area is 125 Å². The molecular weight excluding hydrogens is 332 g/mol. The quantitative estimate of drug-likeness (QED) is 0.753. The van der Waals surface area contributed by atoms with E-state index in [0.717, 1.165) is 21.4 Å². The number of hydrogen-bond donors (Lipinski definition) is 0. The predicted molar refractivity (Wildman–Crippen MR) is 78.4 cm³/mol. The number of aryl methyl sites for hydroxylation is 1. The summed E-state index contributed by atoms with van der Waals surface area (Å²) in [5.41, 5.74) is 1.84. The highest BCUT2D eigenvalue weighted by molar-refractivity contribution is 9.10. The van der Waals surface area contributed by atoms with Crippen LogP contribution in [-0.2, 0) is 0 Å². The van der Waals surface area contributed by atoms with Crippen molar-refractivity contribution in [2.24, 2.45) is 0 Å². The first-order valence-corrected chi connectivity index (χ1v) is 6.91. The number of benzene rings is 1. The first-order valence-electron chi connectivity index (χ1n) is 5.68. The molecule has 0 N–H and O–H groups in total. The first-order chi connectivity index (χ1) is 9.10. The van der Waals surface area contributed by atoms with Gasteiger partial charge >= 0.3 is 0 Å². The van der Waals surface area contributed by atoms with E-state index in [9.17, 15) is 0 Å². The van der Waals surface area contributed by atoms with Gasteiger partial charge in [-0.1, -0.05) is 0 Å². The van der Waals surface area contributed by atoms with E-state index < -0.39 is 5.38 Å². The van der Waals surface area contributed by atoms with E-state index in [4.69, 9.17) is 25.5 Å². The van der Waals surface area contributed by atoms with Crippen LogP contribution in [0.3, 0.4) is 0 Å². The Kier molecular flexibility index (Phi) is 4.42. The molecule has 0 aliphatic rings. The minimum Gasteiger partial charge on any atom is -0.495 e. The van der Waals surface area contributed by atoms with Crippen LogP contribution in [0.2, 0.25) is 0 Å². The third-order valence-electron chi connectivity index (χ3n) is 2.92. The highest BCUT2D eigenvalue weighted by Crippen LogP contribution is 2.44. The molecule has 3 nitrogen and oxygen atoms in total. The molecule has 1 heterocycles. The lowest BCUT2D eigenvalue weighted by atomic mass is 10.1. The fraction of sp³-hybridized carbons (Fsp3) is 0.286. The van der Waals surface area contributed by atoms with E-state index in [1.165, 1.54) is 0 Å². The molecule has 0 bridgehead atoms. The summed E-state index contributed by atoms with van der Waals surface area (Å²) in [7, 11) is 3.20. The maximum absolute atomic E-state index is 6.49. The lowest BCUT2D eigenvalue weighted by Crippen LogP contribution is -2.00. The summed E-state index contributed by atoms with van der Waals surface area (Å²) in [6, 6.07) is 5.60. The zero-order valence-electron chi connectivity index (χ0n) is 10.9. The summed E-state index contributed by atoms with van der Waals surface area (Å²) >= 11 is 9.96. The van der Waals surface area contributed by atoms with Crippen LogP contribution in [-0.4, -0.2) is 14.2 Å². The summed E-state index contributed by atoms with van der Waals surface area (Å²) in [5, 5.41) is -0.410. The van der Waals surface area contributed by atoms with E-state index in [1.54, 1.807) is 20.5 Å². The van der Waals surface area contributed by atoms with Crippen molar-refractivity contribution in [1.29, 1.82) is 0 Å². The van der Waals surface area contributed by atoms with Gasteiger partial charge in [0.15, 0.2) is 0 Å². The molecule has 2 rings (SSSR count). The van der Waals surface area contributed by atoms with E-state index in [1.807, 2.05) is 25.1 Å². The summed E-state index contributed by atoms with van der Waals surface area (Å²) in [4.78, 5) is 0. The molecule has 0 saturated heterocycles. The zero-order chi connectivity index (χ0) is 14.0. The van der Waals surface area contributed by atoms with Crippen molar-refractivity contribution in [3.63, 3.8) is 0 Å². The SMILES string of the molecule is COc1ccc(C(Cl)c2occc2C)c(OC)c1Br. The standard InChI is InChI=1S/C14H14BrClO3/c1-8-6-7-19-13(8)12(16)9-4-5-10(17-2)11(15)14(9)18-3/h4-7,12H,1-3H3. The number of furan rings is 1. The van der Waals surface area contributed by atoms with Gasteiger partial charge < -0.3 is 13.9 Å². The fourth-order valence-corrected chi connectivity index (χ4v) is 2.98. The highest BCUT2D eigenvalue weighted by Gasteiger charge is 2.23. The molecule has 102 valence electrons. The van der Waals surface area contributed by atoms with Crippen molar-refractivity contribution in [2.75, 3.05) is 14.2 Å². The molecule has 1 aromatic carbocycles. The highest BCUT2D eigenvalue weighted by atomic mass is 79.9. The van der Waals surface area contributed by atoms with Crippen LogP contribution in [0, 0.1) is 6.92 Å². The summed E-state index contributed by atoms with van der Waals surface area (Å²) in [6.07, 6.45) is 1.63. The summed E-state index contributed by atoms with van der Waals surface area (Å²) < 4.78 is 16.9. The third kappa shape index (κ3) is 2.60. The van der Waals surface area contributed by atoms with Crippen LogP contribution < -0.4 is 9.47 Å². The molecule has 1 atom stereocenters. The minimum atomic E-state index is -0.410. The average molecular weight is 346 g/mol. The molecule has 0 aliphatic heterocycles. The Morgan fingerprint density at radius 3 is 2.47 bits per heavy atom. The molecule has 0 amide bonds. The van der Waals surface area contributed by atoms with E-state index in [0.29, 0.717) is 11.5 Å². The minimum absolute atomic E-state index is 0.410. The molecule has 0 radical (unpaired) electrons. The third-order valence-corrected chi connectivity index (χ3v) is 4.11. The van der Waals surface area contributed by atoms with Crippen LogP contribution in [0.4, 0.5) is 0 Å². The van der Waals surface area contributed by atoms with Crippen molar-refractivity contribution in [3.05, 3.63) is 45.8 Å². The Balaban J connectivity index is 2.51. The van der Waals surface area contributed by atoms with Gasteiger partial charge in [-0.05, 0) is 46.6 Å². The molecule has 1 aromatic heterocycles. The largest absolute Gasteiger partial charge is 0.495 e. The molecule has 0 spiro atoms. The number of ether oxygens (including phenoxy) is 2. The van der Waals surface area contributed by atoms with Crippen LogP contribution in [0.1, 0.15) is 22.3 Å². The number of halogens is 2. The molecule has 19 heavy (non-hydrogen) atoms. The zero-order valence-corrected chi connectivity index (χ0v) is 13.2. The maximum Gasteiger partial charge on any atom is 0.141 e. The lowest BCUT2D eigenvalue weighted by molar-refractivity contribution is 0.385. The van der Waals surface area contributed by atoms with E-state index >= 15 is 0 Å². The monoisotopic (exact) mass is 344 g/mol. The lowest BCUT2D eigenvalue weighted by Gasteiger charge is -2.16. The molecular formula is C14H14BrClO3. The summed E-state index contributed by atoms with van der Waals surface area (Å²) in [5.74, 6) is 2.06. The van der Waals surface area contributed by atoms with Gasteiger partial charge in [0.05, 0.1) is 20.5 Å². The normalized spacial score (nSPS) is 12.3. The van der Waals surface area contributed by atoms with Crippen LogP contribution in [0.5, 0.6) is 11.5 Å². The molecule has 0 fully saturated rings. The molecule has 2 aromatic rings. The Morgan fingerprint density at radius 2 is 1.95 bits per heavy atom. The topological polar surface area (TPSA) is 31.6 Å². The van der Waals surface area contributed by atoms with Crippen molar-refractivity contribution < 1.29 is 13.9 Å². The van der Waals surface area contributed by atoms with E-state index in [2.05, 4.69) is 15.9 Å². The predicted octanol–water partition coefficient (Wildman–Crippen LogP) is 4.70. The van der Waals surface area contributed by atoms with Gasteiger partial charge in [-0.25, -0.2) is 0 Å². The van der Waals surface area contributed by atoms with Crippen LogP contribution in [0.15, 0.2) is 33.4 Å². The van der Waals surface area contributed by atoms with Crippen LogP contribution in [0.25, 0.3) is 0 Å². The van der Waals surface area contributed by atoms with Crippen molar-refractivity contribution in [1.82, 2.24) is 0 Å². The number of hydrogen-bond acceptors (Lipinski definition) is 3.